The molecule has 106 valence electrons. The molecule has 0 amide bonds. The van der Waals surface area contributed by atoms with Crippen molar-refractivity contribution in [3.05, 3.63) is 72.1 Å². The smallest absolute Gasteiger partial charge is 0.134 e. The number of H-pyrrole nitrogens is 2. The van der Waals surface area contributed by atoms with Crippen molar-refractivity contribution in [2.24, 2.45) is 0 Å². The van der Waals surface area contributed by atoms with Crippen molar-refractivity contribution >= 4 is 21.8 Å². The fourth-order valence-corrected chi connectivity index (χ4v) is 2.95. The molecule has 0 atom stereocenters. The number of benzene rings is 2. The van der Waals surface area contributed by atoms with Crippen LogP contribution >= 0.6 is 0 Å². The summed E-state index contributed by atoms with van der Waals surface area (Å²) in [6.45, 7) is 1.95. The van der Waals surface area contributed by atoms with Gasteiger partial charge < -0.3 is 9.97 Å². The highest BCUT2D eigenvalue weighted by molar-refractivity contribution is 5.83. The lowest BCUT2D eigenvalue weighted by atomic mass is 9.85. The topological polar surface area (TPSA) is 55.4 Å². The standard InChI is InChI=1S/C19H15N3/c1-19(12-20,17-10-13-6-2-4-8-15(13)21-17)18-11-14-7-3-5-9-16(14)22-18/h2-11,21-22H,1H3. The van der Waals surface area contributed by atoms with Crippen LogP contribution in [0.1, 0.15) is 18.3 Å². The maximum atomic E-state index is 9.85. The normalized spacial score (nSPS) is 11.8. The fourth-order valence-electron chi connectivity index (χ4n) is 2.95. The molecule has 4 rings (SSSR count). The van der Waals surface area contributed by atoms with Crippen molar-refractivity contribution in [2.45, 2.75) is 12.3 Å². The van der Waals surface area contributed by atoms with Gasteiger partial charge in [0.05, 0.1) is 6.07 Å². The molecule has 0 saturated heterocycles. The third-order valence-corrected chi connectivity index (χ3v) is 4.36. The van der Waals surface area contributed by atoms with Crippen LogP contribution in [-0.2, 0) is 5.41 Å². The van der Waals surface area contributed by atoms with Crippen LogP contribution in [0.4, 0.5) is 0 Å². The van der Waals surface area contributed by atoms with E-state index in [1.807, 2.05) is 43.3 Å². The molecule has 2 aromatic heterocycles. The van der Waals surface area contributed by atoms with E-state index in [1.54, 1.807) is 0 Å². The van der Waals surface area contributed by atoms with Crippen molar-refractivity contribution in [2.75, 3.05) is 0 Å². The molecule has 0 saturated carbocycles. The third kappa shape index (κ3) is 1.74. The molecule has 2 N–H and O–H groups in total. The first-order valence-electron chi connectivity index (χ1n) is 7.28. The number of hydrogen-bond acceptors (Lipinski definition) is 1. The molecule has 0 bridgehead atoms. The summed E-state index contributed by atoms with van der Waals surface area (Å²) in [5.41, 5.74) is 3.17. The van der Waals surface area contributed by atoms with Crippen LogP contribution in [0, 0.1) is 11.3 Å². The van der Waals surface area contributed by atoms with Crippen molar-refractivity contribution in [1.82, 2.24) is 9.97 Å². The Morgan fingerprint density at radius 3 is 1.68 bits per heavy atom. The van der Waals surface area contributed by atoms with Crippen LogP contribution in [0.25, 0.3) is 21.8 Å². The number of aromatic amines is 2. The summed E-state index contributed by atoms with van der Waals surface area (Å²) in [6.07, 6.45) is 0. The lowest BCUT2D eigenvalue weighted by Gasteiger charge is -2.18. The molecular formula is C19H15N3. The van der Waals surface area contributed by atoms with Gasteiger partial charge in [-0.25, -0.2) is 0 Å². The largest absolute Gasteiger partial charge is 0.357 e. The summed E-state index contributed by atoms with van der Waals surface area (Å²) in [6, 6.07) is 22.8. The predicted octanol–water partition coefficient (Wildman–Crippen LogP) is 4.48. The van der Waals surface area contributed by atoms with E-state index < -0.39 is 5.41 Å². The lowest BCUT2D eigenvalue weighted by molar-refractivity contribution is 0.698. The molecule has 0 radical (unpaired) electrons. The monoisotopic (exact) mass is 285 g/mol. The minimum atomic E-state index is -0.738. The summed E-state index contributed by atoms with van der Waals surface area (Å²) in [4.78, 5) is 6.77. The predicted molar refractivity (Wildman–Crippen MR) is 88.7 cm³/mol. The van der Waals surface area contributed by atoms with E-state index in [0.717, 1.165) is 33.2 Å². The molecule has 3 heteroatoms. The number of hydrogen-bond donors (Lipinski definition) is 2. The molecular weight excluding hydrogens is 270 g/mol. The van der Waals surface area contributed by atoms with Crippen LogP contribution < -0.4 is 0 Å². The van der Waals surface area contributed by atoms with Gasteiger partial charge in [-0.05, 0) is 42.0 Å². The number of nitrogens with one attached hydrogen (secondary N) is 2. The van der Waals surface area contributed by atoms with Crippen molar-refractivity contribution in [1.29, 1.82) is 5.26 Å². The van der Waals surface area contributed by atoms with Crippen LogP contribution in [0.5, 0.6) is 0 Å². The van der Waals surface area contributed by atoms with Crippen LogP contribution in [0.3, 0.4) is 0 Å². The average Bonchev–Trinajstić information content (AvgIpc) is 3.18. The van der Waals surface area contributed by atoms with E-state index >= 15 is 0 Å². The second-order valence-electron chi connectivity index (χ2n) is 5.78. The summed E-state index contributed by atoms with van der Waals surface area (Å²) in [5, 5.41) is 12.1. The van der Waals surface area contributed by atoms with E-state index in [2.05, 4.69) is 40.3 Å². The number of para-hydroxylation sites is 2. The van der Waals surface area contributed by atoms with E-state index in [-0.39, 0.29) is 0 Å². The minimum absolute atomic E-state index is 0.738. The number of nitrogens with zero attached hydrogens (tertiary/aromatic N) is 1. The molecule has 2 heterocycles. The van der Waals surface area contributed by atoms with Crippen LogP contribution in [-0.4, -0.2) is 9.97 Å². The Bertz CT molecular complexity index is 874. The van der Waals surface area contributed by atoms with E-state index in [0.29, 0.717) is 0 Å². The first-order valence-corrected chi connectivity index (χ1v) is 7.28. The zero-order chi connectivity index (χ0) is 15.2. The van der Waals surface area contributed by atoms with Gasteiger partial charge in [0.25, 0.3) is 0 Å². The number of nitriles is 1. The van der Waals surface area contributed by atoms with Gasteiger partial charge in [0.2, 0.25) is 0 Å². The van der Waals surface area contributed by atoms with Gasteiger partial charge in [-0.15, -0.1) is 0 Å². The molecule has 3 nitrogen and oxygen atoms in total. The van der Waals surface area contributed by atoms with E-state index in [9.17, 15) is 5.26 Å². The Labute approximate surface area is 128 Å². The second-order valence-corrected chi connectivity index (χ2v) is 5.78. The van der Waals surface area contributed by atoms with Crippen molar-refractivity contribution in [3.63, 3.8) is 0 Å². The lowest BCUT2D eigenvalue weighted by Crippen LogP contribution is -2.22. The Morgan fingerprint density at radius 1 is 0.818 bits per heavy atom. The van der Waals surface area contributed by atoms with E-state index in [1.165, 1.54) is 0 Å². The van der Waals surface area contributed by atoms with Crippen LogP contribution in [0.2, 0.25) is 0 Å². The molecule has 0 spiro atoms. The van der Waals surface area contributed by atoms with Gasteiger partial charge in [-0.1, -0.05) is 36.4 Å². The van der Waals surface area contributed by atoms with Crippen molar-refractivity contribution in [3.8, 4) is 6.07 Å². The average molecular weight is 285 g/mol. The van der Waals surface area contributed by atoms with Gasteiger partial charge in [0.15, 0.2) is 0 Å². The zero-order valence-corrected chi connectivity index (χ0v) is 12.2. The van der Waals surface area contributed by atoms with Gasteiger partial charge >= 0.3 is 0 Å². The minimum Gasteiger partial charge on any atom is -0.357 e. The highest BCUT2D eigenvalue weighted by atomic mass is 14.8. The third-order valence-electron chi connectivity index (χ3n) is 4.36. The van der Waals surface area contributed by atoms with Gasteiger partial charge in [-0.2, -0.15) is 5.26 Å². The Morgan fingerprint density at radius 2 is 1.27 bits per heavy atom. The Balaban J connectivity index is 1.93. The molecule has 0 unspecified atom stereocenters. The summed E-state index contributed by atoms with van der Waals surface area (Å²) >= 11 is 0. The number of aromatic nitrogens is 2. The Hall–Kier alpha value is -2.99. The Kier molecular flexibility index (Phi) is 2.61. The molecule has 0 aliphatic heterocycles. The molecule has 22 heavy (non-hydrogen) atoms. The van der Waals surface area contributed by atoms with Crippen LogP contribution in [0.15, 0.2) is 60.7 Å². The molecule has 4 aromatic rings. The first-order chi connectivity index (χ1) is 10.7. The molecule has 2 aromatic carbocycles. The highest BCUT2D eigenvalue weighted by Crippen LogP contribution is 2.34. The maximum Gasteiger partial charge on any atom is 0.134 e. The molecule has 0 fully saturated rings. The summed E-state index contributed by atoms with van der Waals surface area (Å²) in [7, 11) is 0. The quantitative estimate of drug-likeness (QED) is 0.560. The SMILES string of the molecule is CC(C#N)(c1cc2ccccc2[nH]1)c1cc2ccccc2[nH]1. The zero-order valence-electron chi connectivity index (χ0n) is 12.2. The summed E-state index contributed by atoms with van der Waals surface area (Å²) < 4.78 is 0. The maximum absolute atomic E-state index is 9.85. The molecule has 0 aliphatic rings. The van der Waals surface area contributed by atoms with Gasteiger partial charge in [-0.3, -0.25) is 0 Å². The van der Waals surface area contributed by atoms with Crippen molar-refractivity contribution < 1.29 is 0 Å². The molecule has 0 aliphatic carbocycles. The first kappa shape index (κ1) is 12.7. The fraction of sp³-hybridized carbons (Fsp3) is 0.105. The second kappa shape index (κ2) is 4.51. The van der Waals surface area contributed by atoms with E-state index in [4.69, 9.17) is 0 Å². The highest BCUT2D eigenvalue weighted by Gasteiger charge is 2.32. The number of fused-ring (bicyclic) bond motifs is 2. The summed E-state index contributed by atoms with van der Waals surface area (Å²) in [5.74, 6) is 0. The van der Waals surface area contributed by atoms with Gasteiger partial charge in [0.1, 0.15) is 5.41 Å². The number of rotatable bonds is 2. The van der Waals surface area contributed by atoms with Gasteiger partial charge in [0, 0.05) is 22.4 Å².